The predicted molar refractivity (Wildman–Crippen MR) is 52.6 cm³/mol. The average Bonchev–Trinajstić information content (AvgIpc) is 2.91. The minimum atomic E-state index is -0.745. The number of hydrogen-bond donors (Lipinski definition) is 1. The van der Waals surface area contributed by atoms with Gasteiger partial charge in [0.1, 0.15) is 5.52 Å². The van der Waals surface area contributed by atoms with Crippen molar-refractivity contribution in [3.8, 4) is 0 Å². The van der Waals surface area contributed by atoms with Crippen LogP contribution in [0, 0.1) is 0 Å². The summed E-state index contributed by atoms with van der Waals surface area (Å²) in [5, 5.41) is 9.14. The third-order valence-electron chi connectivity index (χ3n) is 3.04. The summed E-state index contributed by atoms with van der Waals surface area (Å²) in [6.45, 7) is 0. The molecule has 1 aromatic heterocycles. The topological polar surface area (TPSA) is 63.3 Å². The van der Waals surface area contributed by atoms with Gasteiger partial charge in [0.2, 0.25) is 0 Å². The van der Waals surface area contributed by atoms with Crippen LogP contribution in [-0.4, -0.2) is 16.1 Å². The fourth-order valence-electron chi connectivity index (χ4n) is 1.91. The first-order chi connectivity index (χ1) is 7.22. The molecule has 0 aliphatic heterocycles. The number of fused-ring (bicyclic) bond motifs is 1. The van der Waals surface area contributed by atoms with Crippen molar-refractivity contribution in [1.29, 1.82) is 0 Å². The number of rotatable bonds is 2. The zero-order valence-corrected chi connectivity index (χ0v) is 7.93. The molecule has 0 atom stereocenters. The van der Waals surface area contributed by atoms with Crippen molar-refractivity contribution in [3.63, 3.8) is 0 Å². The van der Waals surface area contributed by atoms with Crippen LogP contribution in [0.25, 0.3) is 11.1 Å². The first kappa shape index (κ1) is 8.47. The number of carboxylic acids is 1. The van der Waals surface area contributed by atoms with Crippen molar-refractivity contribution in [3.05, 3.63) is 30.2 Å². The number of nitrogens with zero attached hydrogens (tertiary/aromatic N) is 1. The summed E-state index contributed by atoms with van der Waals surface area (Å²) in [5.74, 6) is -0.745. The van der Waals surface area contributed by atoms with E-state index in [9.17, 15) is 4.79 Å². The van der Waals surface area contributed by atoms with E-state index in [4.69, 9.17) is 9.52 Å². The van der Waals surface area contributed by atoms with Crippen molar-refractivity contribution in [2.24, 2.45) is 0 Å². The highest BCUT2D eigenvalue weighted by Crippen LogP contribution is 2.48. The molecule has 1 saturated carbocycles. The van der Waals surface area contributed by atoms with E-state index in [1.165, 1.54) is 6.39 Å². The highest BCUT2D eigenvalue weighted by Gasteiger charge is 2.51. The zero-order valence-electron chi connectivity index (χ0n) is 7.93. The third-order valence-corrected chi connectivity index (χ3v) is 3.04. The van der Waals surface area contributed by atoms with Gasteiger partial charge < -0.3 is 9.52 Å². The Morgan fingerprint density at radius 3 is 2.93 bits per heavy atom. The second-order valence-electron chi connectivity index (χ2n) is 3.92. The molecule has 1 aromatic carbocycles. The second-order valence-corrected chi connectivity index (χ2v) is 3.92. The lowest BCUT2D eigenvalue weighted by atomic mass is 9.96. The van der Waals surface area contributed by atoms with Crippen molar-refractivity contribution in [2.45, 2.75) is 18.3 Å². The third kappa shape index (κ3) is 1.08. The van der Waals surface area contributed by atoms with Gasteiger partial charge in [-0.2, -0.15) is 0 Å². The first-order valence-corrected chi connectivity index (χ1v) is 4.79. The van der Waals surface area contributed by atoms with Crippen LogP contribution in [0.1, 0.15) is 18.4 Å². The summed E-state index contributed by atoms with van der Waals surface area (Å²) in [7, 11) is 0. The Morgan fingerprint density at radius 2 is 2.27 bits per heavy atom. The molecule has 15 heavy (non-hydrogen) atoms. The molecule has 76 valence electrons. The van der Waals surface area contributed by atoms with E-state index < -0.39 is 11.4 Å². The molecule has 1 N–H and O–H groups in total. The number of hydrogen-bond acceptors (Lipinski definition) is 3. The van der Waals surface area contributed by atoms with Gasteiger partial charge in [0.05, 0.1) is 5.41 Å². The Hall–Kier alpha value is -1.84. The van der Waals surface area contributed by atoms with Crippen LogP contribution in [-0.2, 0) is 10.2 Å². The lowest BCUT2D eigenvalue weighted by Gasteiger charge is -2.08. The van der Waals surface area contributed by atoms with E-state index in [1.54, 1.807) is 12.1 Å². The minimum Gasteiger partial charge on any atom is -0.481 e. The van der Waals surface area contributed by atoms with E-state index in [0.717, 1.165) is 11.1 Å². The van der Waals surface area contributed by atoms with Crippen molar-refractivity contribution < 1.29 is 14.3 Å². The van der Waals surface area contributed by atoms with E-state index in [2.05, 4.69) is 4.98 Å². The molecule has 1 aliphatic rings. The Bertz CT molecular complexity index is 540. The van der Waals surface area contributed by atoms with Crippen LogP contribution in [0.15, 0.2) is 29.0 Å². The molecule has 3 rings (SSSR count). The van der Waals surface area contributed by atoms with Gasteiger partial charge in [-0.05, 0) is 30.5 Å². The predicted octanol–water partition coefficient (Wildman–Crippen LogP) is 1.94. The number of carbonyl (C=O) groups is 1. The molecule has 0 bridgehead atoms. The van der Waals surface area contributed by atoms with Gasteiger partial charge >= 0.3 is 5.97 Å². The van der Waals surface area contributed by atoms with E-state index in [1.807, 2.05) is 6.07 Å². The largest absolute Gasteiger partial charge is 0.481 e. The summed E-state index contributed by atoms with van der Waals surface area (Å²) >= 11 is 0. The molecule has 0 unspecified atom stereocenters. The van der Waals surface area contributed by atoms with Gasteiger partial charge in [0.25, 0.3) is 0 Å². The lowest BCUT2D eigenvalue weighted by molar-refractivity contribution is -0.140. The molecule has 1 heterocycles. The van der Waals surface area contributed by atoms with Crippen LogP contribution >= 0.6 is 0 Å². The van der Waals surface area contributed by atoms with Crippen LogP contribution in [0.4, 0.5) is 0 Å². The average molecular weight is 203 g/mol. The molecule has 1 fully saturated rings. The maximum absolute atomic E-state index is 11.1. The second kappa shape index (κ2) is 2.59. The Morgan fingerprint density at radius 1 is 1.47 bits per heavy atom. The van der Waals surface area contributed by atoms with Crippen molar-refractivity contribution >= 4 is 17.1 Å². The molecule has 0 radical (unpaired) electrons. The number of benzene rings is 1. The molecule has 4 heteroatoms. The summed E-state index contributed by atoms with van der Waals surface area (Å²) in [4.78, 5) is 15.1. The Labute approximate surface area is 85.5 Å². The van der Waals surface area contributed by atoms with Crippen LogP contribution in [0.2, 0.25) is 0 Å². The summed E-state index contributed by atoms with van der Waals surface area (Å²) < 4.78 is 5.11. The molecule has 2 aromatic rings. The summed E-state index contributed by atoms with van der Waals surface area (Å²) in [5.41, 5.74) is 1.59. The minimum absolute atomic E-state index is 0.660. The van der Waals surface area contributed by atoms with Gasteiger partial charge in [-0.3, -0.25) is 4.79 Å². The Kier molecular flexibility index (Phi) is 1.46. The van der Waals surface area contributed by atoms with Gasteiger partial charge in [-0.1, -0.05) is 6.07 Å². The van der Waals surface area contributed by atoms with Gasteiger partial charge in [0.15, 0.2) is 12.0 Å². The molecule has 0 saturated heterocycles. The smallest absolute Gasteiger partial charge is 0.314 e. The van der Waals surface area contributed by atoms with E-state index in [0.29, 0.717) is 18.4 Å². The maximum atomic E-state index is 11.1. The molecule has 0 spiro atoms. The molecular weight excluding hydrogens is 194 g/mol. The molecule has 1 aliphatic carbocycles. The fraction of sp³-hybridized carbons (Fsp3) is 0.273. The summed E-state index contributed by atoms with van der Waals surface area (Å²) in [6, 6.07) is 5.40. The van der Waals surface area contributed by atoms with Crippen molar-refractivity contribution in [1.82, 2.24) is 4.98 Å². The van der Waals surface area contributed by atoms with Gasteiger partial charge in [-0.25, -0.2) is 4.98 Å². The number of oxazole rings is 1. The van der Waals surface area contributed by atoms with Crippen molar-refractivity contribution in [2.75, 3.05) is 0 Å². The monoisotopic (exact) mass is 203 g/mol. The standard InChI is InChI=1S/C11H9NO3/c13-10(14)11(3-4-11)7-1-2-9-8(5-7)12-6-15-9/h1-2,5-6H,3-4H2,(H,13,14). The van der Waals surface area contributed by atoms with Crippen LogP contribution in [0.3, 0.4) is 0 Å². The van der Waals surface area contributed by atoms with Gasteiger partial charge in [0, 0.05) is 0 Å². The number of aliphatic carboxylic acids is 1. The fourth-order valence-corrected chi connectivity index (χ4v) is 1.91. The van der Waals surface area contributed by atoms with Gasteiger partial charge in [-0.15, -0.1) is 0 Å². The Balaban J connectivity index is 2.15. The lowest BCUT2D eigenvalue weighted by Crippen LogP contribution is -2.19. The SMILES string of the molecule is O=C(O)C1(c2ccc3ocnc3c2)CC1. The zero-order chi connectivity index (χ0) is 10.5. The molecule has 0 amide bonds. The molecular formula is C11H9NO3. The molecule has 4 nitrogen and oxygen atoms in total. The van der Waals surface area contributed by atoms with E-state index in [-0.39, 0.29) is 0 Å². The number of aromatic nitrogens is 1. The normalized spacial score (nSPS) is 17.9. The quantitative estimate of drug-likeness (QED) is 0.810. The van der Waals surface area contributed by atoms with E-state index >= 15 is 0 Å². The maximum Gasteiger partial charge on any atom is 0.314 e. The van der Waals surface area contributed by atoms with Crippen LogP contribution in [0.5, 0.6) is 0 Å². The highest BCUT2D eigenvalue weighted by atomic mass is 16.4. The first-order valence-electron chi connectivity index (χ1n) is 4.79. The highest BCUT2D eigenvalue weighted by molar-refractivity contribution is 5.86. The number of carboxylic acid groups (broad SMARTS) is 1. The van der Waals surface area contributed by atoms with Crippen LogP contribution < -0.4 is 0 Å². The summed E-state index contributed by atoms with van der Waals surface area (Å²) in [6.07, 6.45) is 2.80.